The summed E-state index contributed by atoms with van der Waals surface area (Å²) in [5, 5.41) is 18.4. The fourth-order valence-electron chi connectivity index (χ4n) is 3.15. The molecule has 0 saturated heterocycles. The van der Waals surface area contributed by atoms with Gasteiger partial charge in [0.2, 0.25) is 0 Å². The van der Waals surface area contributed by atoms with Crippen LogP contribution in [0.2, 0.25) is 5.02 Å². The van der Waals surface area contributed by atoms with Crippen molar-refractivity contribution in [2.75, 3.05) is 0 Å². The second kappa shape index (κ2) is 6.37. The Morgan fingerprint density at radius 2 is 2.20 bits per heavy atom. The third-order valence-electron chi connectivity index (χ3n) is 4.72. The molecular weight excluding hydrogens is 343 g/mol. The van der Waals surface area contributed by atoms with Crippen LogP contribution in [0.1, 0.15) is 36.7 Å². The van der Waals surface area contributed by atoms with Crippen LogP contribution in [0.5, 0.6) is 0 Å². The molecule has 1 saturated carbocycles. The molecule has 1 atom stereocenters. The average molecular weight is 361 g/mol. The molecule has 1 unspecified atom stereocenters. The average Bonchev–Trinajstić information content (AvgIpc) is 2.93. The van der Waals surface area contributed by atoms with Crippen molar-refractivity contribution in [3.05, 3.63) is 52.7 Å². The number of aliphatic hydroxyl groups is 1. The molecule has 25 heavy (non-hydrogen) atoms. The summed E-state index contributed by atoms with van der Waals surface area (Å²) in [6, 6.07) is 5.00. The molecule has 4 rings (SSSR count). The number of benzene rings is 1. The summed E-state index contributed by atoms with van der Waals surface area (Å²) < 4.78 is 15.7. The van der Waals surface area contributed by atoms with E-state index in [4.69, 9.17) is 11.6 Å². The first kappa shape index (κ1) is 16.4. The van der Waals surface area contributed by atoms with Gasteiger partial charge in [-0.15, -0.1) is 0 Å². The topological polar surface area (TPSA) is 62.5 Å². The molecule has 3 aromatic rings. The Labute approximate surface area is 149 Å². The number of aromatic nitrogens is 3. The lowest BCUT2D eigenvalue weighted by Crippen LogP contribution is -2.38. The summed E-state index contributed by atoms with van der Waals surface area (Å²) in [5.74, 6) is -0.509. The van der Waals surface area contributed by atoms with Crippen LogP contribution in [-0.4, -0.2) is 25.7 Å². The summed E-state index contributed by atoms with van der Waals surface area (Å²) in [5.41, 5.74) is 3.05. The molecule has 0 aliphatic heterocycles. The number of hydrogen-bond acceptors (Lipinski definition) is 4. The lowest BCUT2D eigenvalue weighted by Gasteiger charge is -2.29. The zero-order chi connectivity index (χ0) is 17.6. The van der Waals surface area contributed by atoms with Crippen molar-refractivity contribution >= 4 is 17.2 Å². The molecule has 130 valence electrons. The van der Waals surface area contributed by atoms with Gasteiger partial charge in [-0.25, -0.2) is 13.9 Å². The zero-order valence-electron chi connectivity index (χ0n) is 13.7. The lowest BCUT2D eigenvalue weighted by atomic mass is 9.92. The minimum Gasteiger partial charge on any atom is -0.373 e. The van der Waals surface area contributed by atoms with Crippen LogP contribution in [0.3, 0.4) is 0 Å². The molecule has 2 heterocycles. The molecule has 0 amide bonds. The molecule has 1 aliphatic carbocycles. The first-order valence-electron chi connectivity index (χ1n) is 8.28. The summed E-state index contributed by atoms with van der Waals surface area (Å²) in [4.78, 5) is 4.37. The monoisotopic (exact) mass is 360 g/mol. The van der Waals surface area contributed by atoms with Crippen LogP contribution in [0.4, 0.5) is 4.39 Å². The van der Waals surface area contributed by atoms with Gasteiger partial charge in [0.1, 0.15) is 11.5 Å². The summed E-state index contributed by atoms with van der Waals surface area (Å²) >= 11 is 5.89. The summed E-state index contributed by atoms with van der Waals surface area (Å²) in [7, 11) is 0. The third-order valence-corrected chi connectivity index (χ3v) is 5.01. The third kappa shape index (κ3) is 2.90. The fourth-order valence-corrected chi connectivity index (χ4v) is 3.36. The Bertz CT molecular complexity index is 938. The SMILES string of the molecule is Cc1cc(Cl)c(F)cc1-c1c(C(O)NC2CCC2)nn2cccnc12. The number of hydrogen-bond donors (Lipinski definition) is 2. The van der Waals surface area contributed by atoms with E-state index in [1.165, 1.54) is 6.07 Å². The van der Waals surface area contributed by atoms with E-state index in [0.717, 1.165) is 24.8 Å². The van der Waals surface area contributed by atoms with E-state index in [2.05, 4.69) is 15.4 Å². The van der Waals surface area contributed by atoms with Crippen LogP contribution < -0.4 is 5.32 Å². The van der Waals surface area contributed by atoms with Gasteiger partial charge in [0, 0.05) is 18.4 Å². The lowest BCUT2D eigenvalue weighted by molar-refractivity contribution is 0.101. The van der Waals surface area contributed by atoms with Gasteiger partial charge in [-0.2, -0.15) is 5.10 Å². The molecule has 7 heteroatoms. The van der Waals surface area contributed by atoms with Crippen LogP contribution in [0.25, 0.3) is 16.8 Å². The maximum Gasteiger partial charge on any atom is 0.163 e. The van der Waals surface area contributed by atoms with Crippen molar-refractivity contribution in [1.82, 2.24) is 19.9 Å². The van der Waals surface area contributed by atoms with Gasteiger partial charge in [-0.1, -0.05) is 18.0 Å². The molecule has 1 fully saturated rings. The number of nitrogens with one attached hydrogen (secondary N) is 1. The fraction of sp³-hybridized carbons (Fsp3) is 0.333. The second-order valence-electron chi connectivity index (χ2n) is 6.43. The Kier molecular flexibility index (Phi) is 4.19. The highest BCUT2D eigenvalue weighted by molar-refractivity contribution is 6.30. The first-order valence-corrected chi connectivity index (χ1v) is 8.66. The highest BCUT2D eigenvalue weighted by Crippen LogP contribution is 2.35. The van der Waals surface area contributed by atoms with Crippen LogP contribution >= 0.6 is 11.6 Å². The largest absolute Gasteiger partial charge is 0.373 e. The molecule has 5 nitrogen and oxygen atoms in total. The molecule has 2 N–H and O–H groups in total. The number of rotatable bonds is 4. The van der Waals surface area contributed by atoms with E-state index < -0.39 is 12.0 Å². The number of aliphatic hydroxyl groups excluding tert-OH is 1. The highest BCUT2D eigenvalue weighted by atomic mass is 35.5. The second-order valence-corrected chi connectivity index (χ2v) is 6.83. The van der Waals surface area contributed by atoms with E-state index in [1.807, 2.05) is 6.92 Å². The molecule has 2 aromatic heterocycles. The molecule has 0 radical (unpaired) electrons. The van der Waals surface area contributed by atoms with Gasteiger partial charge in [0.25, 0.3) is 0 Å². The van der Waals surface area contributed by atoms with E-state index in [-0.39, 0.29) is 11.1 Å². The Hall–Kier alpha value is -2.02. The number of nitrogens with zero attached hydrogens (tertiary/aromatic N) is 3. The van der Waals surface area contributed by atoms with Gasteiger partial charge >= 0.3 is 0 Å². The smallest absolute Gasteiger partial charge is 0.163 e. The minimum atomic E-state index is -0.944. The quantitative estimate of drug-likeness (QED) is 0.697. The van der Waals surface area contributed by atoms with E-state index >= 15 is 0 Å². The number of halogens is 2. The molecular formula is C18H18ClFN4O. The maximum absolute atomic E-state index is 14.1. The van der Waals surface area contributed by atoms with Gasteiger partial charge < -0.3 is 5.11 Å². The standard InChI is InChI=1S/C18H18ClFN4O/c1-10-8-13(19)14(20)9-12(10)15-16(18(25)22-11-4-2-5-11)23-24-7-3-6-21-17(15)24/h3,6-9,11,18,22,25H,2,4-5H2,1H3. The first-order chi connectivity index (χ1) is 12.0. The van der Waals surface area contributed by atoms with Gasteiger partial charge in [0.05, 0.1) is 10.6 Å². The van der Waals surface area contributed by atoms with Crippen molar-refractivity contribution in [2.45, 2.75) is 38.5 Å². The normalized spacial score (nSPS) is 16.2. The predicted octanol–water partition coefficient (Wildman–Crippen LogP) is 3.63. The highest BCUT2D eigenvalue weighted by Gasteiger charge is 2.27. The van der Waals surface area contributed by atoms with Crippen molar-refractivity contribution in [3.8, 4) is 11.1 Å². The van der Waals surface area contributed by atoms with Crippen LogP contribution in [0, 0.1) is 12.7 Å². The Morgan fingerprint density at radius 1 is 1.40 bits per heavy atom. The van der Waals surface area contributed by atoms with Gasteiger partial charge in [-0.05, 0) is 49.1 Å². The number of fused-ring (bicyclic) bond motifs is 1. The van der Waals surface area contributed by atoms with Crippen LogP contribution in [0.15, 0.2) is 30.6 Å². The predicted molar refractivity (Wildman–Crippen MR) is 93.9 cm³/mol. The van der Waals surface area contributed by atoms with Crippen molar-refractivity contribution in [1.29, 1.82) is 0 Å². The van der Waals surface area contributed by atoms with Gasteiger partial charge in [-0.3, -0.25) is 5.32 Å². The Balaban J connectivity index is 1.89. The zero-order valence-corrected chi connectivity index (χ0v) is 14.5. The molecule has 1 aromatic carbocycles. The van der Waals surface area contributed by atoms with Crippen molar-refractivity contribution < 1.29 is 9.50 Å². The van der Waals surface area contributed by atoms with Crippen molar-refractivity contribution in [2.24, 2.45) is 0 Å². The summed E-state index contributed by atoms with van der Waals surface area (Å²) in [6.07, 6.45) is 5.69. The number of aryl methyl sites for hydroxylation is 1. The maximum atomic E-state index is 14.1. The Morgan fingerprint density at radius 3 is 2.92 bits per heavy atom. The molecule has 1 aliphatic rings. The van der Waals surface area contributed by atoms with Gasteiger partial charge in [0.15, 0.2) is 11.9 Å². The minimum absolute atomic E-state index is 0.0698. The van der Waals surface area contributed by atoms with E-state index in [9.17, 15) is 9.50 Å². The van der Waals surface area contributed by atoms with Crippen molar-refractivity contribution in [3.63, 3.8) is 0 Å². The van der Waals surface area contributed by atoms with E-state index in [1.54, 1.807) is 29.0 Å². The molecule has 0 bridgehead atoms. The van der Waals surface area contributed by atoms with E-state index in [0.29, 0.717) is 22.5 Å². The molecule has 0 spiro atoms. The summed E-state index contributed by atoms with van der Waals surface area (Å²) in [6.45, 7) is 1.85. The van der Waals surface area contributed by atoms with Crippen LogP contribution in [-0.2, 0) is 0 Å².